The molecule has 1 aromatic rings. The third kappa shape index (κ3) is 4.11. The van der Waals surface area contributed by atoms with Gasteiger partial charge in [0.1, 0.15) is 0 Å². The zero-order chi connectivity index (χ0) is 12.8. The van der Waals surface area contributed by atoms with Gasteiger partial charge in [-0.05, 0) is 36.2 Å². The summed E-state index contributed by atoms with van der Waals surface area (Å²) >= 11 is 3.47. The van der Waals surface area contributed by atoms with E-state index in [1.54, 1.807) is 6.20 Å². The number of nitrogens with zero attached hydrogens (tertiary/aromatic N) is 2. The quantitative estimate of drug-likeness (QED) is 0.765. The summed E-state index contributed by atoms with van der Waals surface area (Å²) in [6.07, 6.45) is 6.92. The van der Waals surface area contributed by atoms with Crippen LogP contribution < -0.4 is 0 Å². The van der Waals surface area contributed by atoms with Gasteiger partial charge in [0.25, 0.3) is 0 Å². The molecular formula is C13H23BrN2O. The number of rotatable bonds is 7. The van der Waals surface area contributed by atoms with Gasteiger partial charge in [-0.15, -0.1) is 0 Å². The molecule has 0 fully saturated rings. The van der Waals surface area contributed by atoms with Crippen LogP contribution >= 0.6 is 15.9 Å². The molecule has 0 aliphatic rings. The molecule has 3 nitrogen and oxygen atoms in total. The number of hydrogen-bond acceptors (Lipinski definition) is 2. The van der Waals surface area contributed by atoms with E-state index in [9.17, 15) is 5.11 Å². The molecule has 1 N–H and O–H groups in total. The third-order valence-electron chi connectivity index (χ3n) is 2.92. The van der Waals surface area contributed by atoms with Gasteiger partial charge in [-0.25, -0.2) is 0 Å². The normalized spacial score (nSPS) is 13.3. The molecule has 1 atom stereocenters. The largest absolute Gasteiger partial charge is 0.387 e. The Bertz CT molecular complexity index is 336. The fourth-order valence-electron chi connectivity index (χ4n) is 1.98. The lowest BCUT2D eigenvalue weighted by Crippen LogP contribution is -2.11. The molecular weight excluding hydrogens is 280 g/mol. The summed E-state index contributed by atoms with van der Waals surface area (Å²) in [6.45, 7) is 6.35. The Morgan fingerprint density at radius 2 is 2.06 bits per heavy atom. The van der Waals surface area contributed by atoms with Crippen molar-refractivity contribution in [1.82, 2.24) is 9.78 Å². The van der Waals surface area contributed by atoms with Gasteiger partial charge in [0, 0.05) is 6.04 Å². The smallest absolute Gasteiger partial charge is 0.0968 e. The molecule has 1 unspecified atom stereocenters. The second kappa shape index (κ2) is 7.17. The zero-order valence-electron chi connectivity index (χ0n) is 11.0. The average Bonchev–Trinajstić information content (AvgIpc) is 2.66. The van der Waals surface area contributed by atoms with E-state index in [0.29, 0.717) is 0 Å². The zero-order valence-corrected chi connectivity index (χ0v) is 12.6. The lowest BCUT2D eigenvalue weighted by molar-refractivity contribution is 0.149. The fraction of sp³-hybridized carbons (Fsp3) is 0.769. The van der Waals surface area contributed by atoms with Gasteiger partial charge in [-0.3, -0.25) is 4.68 Å². The van der Waals surface area contributed by atoms with Gasteiger partial charge >= 0.3 is 0 Å². The van der Waals surface area contributed by atoms with E-state index < -0.39 is 6.10 Å². The van der Waals surface area contributed by atoms with E-state index in [-0.39, 0.29) is 6.04 Å². The van der Waals surface area contributed by atoms with Crippen LogP contribution in [0.15, 0.2) is 10.7 Å². The molecule has 0 aromatic carbocycles. The van der Waals surface area contributed by atoms with Crippen molar-refractivity contribution in [3.05, 3.63) is 16.4 Å². The first kappa shape index (κ1) is 14.7. The summed E-state index contributed by atoms with van der Waals surface area (Å²) < 4.78 is 2.81. The van der Waals surface area contributed by atoms with Crippen LogP contribution in [0, 0.1) is 0 Å². The van der Waals surface area contributed by atoms with Crippen molar-refractivity contribution < 1.29 is 5.11 Å². The highest BCUT2D eigenvalue weighted by molar-refractivity contribution is 9.10. The highest BCUT2D eigenvalue weighted by Crippen LogP contribution is 2.29. The van der Waals surface area contributed by atoms with Crippen LogP contribution in [0.25, 0.3) is 0 Å². The maximum absolute atomic E-state index is 10.2. The van der Waals surface area contributed by atoms with Crippen molar-refractivity contribution in [2.24, 2.45) is 0 Å². The molecule has 0 bridgehead atoms. The highest BCUT2D eigenvalue weighted by atomic mass is 79.9. The molecule has 0 spiro atoms. The van der Waals surface area contributed by atoms with E-state index in [2.05, 4.69) is 41.8 Å². The summed E-state index contributed by atoms with van der Waals surface area (Å²) in [6, 6.07) is 0.279. The lowest BCUT2D eigenvalue weighted by Gasteiger charge is -2.16. The van der Waals surface area contributed by atoms with E-state index >= 15 is 0 Å². The number of halogens is 1. The Morgan fingerprint density at radius 3 is 2.65 bits per heavy atom. The standard InChI is InChI=1S/C13H23BrN2O/c1-4-5-6-7-8-12(17)13-11(14)9-15-16(13)10(2)3/h9-10,12,17H,4-8H2,1-3H3. The van der Waals surface area contributed by atoms with Crippen molar-refractivity contribution >= 4 is 15.9 Å². The molecule has 1 rings (SSSR count). The molecule has 4 heteroatoms. The highest BCUT2D eigenvalue weighted by Gasteiger charge is 2.18. The van der Waals surface area contributed by atoms with Gasteiger partial charge < -0.3 is 5.11 Å². The first-order chi connectivity index (χ1) is 8.07. The van der Waals surface area contributed by atoms with Crippen LogP contribution in [0.1, 0.15) is 70.7 Å². The molecule has 1 aromatic heterocycles. The van der Waals surface area contributed by atoms with E-state index in [1.165, 1.54) is 19.3 Å². The molecule has 0 aliphatic heterocycles. The van der Waals surface area contributed by atoms with Crippen molar-refractivity contribution in [3.8, 4) is 0 Å². The maximum atomic E-state index is 10.2. The maximum Gasteiger partial charge on any atom is 0.0968 e. The van der Waals surface area contributed by atoms with Crippen LogP contribution in [0.5, 0.6) is 0 Å². The fourth-order valence-corrected chi connectivity index (χ4v) is 2.51. The van der Waals surface area contributed by atoms with Crippen molar-refractivity contribution in [2.75, 3.05) is 0 Å². The molecule has 0 saturated carbocycles. The summed E-state index contributed by atoms with van der Waals surface area (Å²) in [5.41, 5.74) is 0.913. The minimum atomic E-state index is -0.411. The summed E-state index contributed by atoms with van der Waals surface area (Å²) in [7, 11) is 0. The molecule has 0 aliphatic carbocycles. The molecule has 0 radical (unpaired) electrons. The Labute approximate surface area is 112 Å². The Hall–Kier alpha value is -0.350. The lowest BCUT2D eigenvalue weighted by atomic mass is 10.1. The molecule has 0 amide bonds. The number of hydrogen-bond donors (Lipinski definition) is 1. The molecule has 0 saturated heterocycles. The van der Waals surface area contributed by atoms with E-state index in [0.717, 1.165) is 23.0 Å². The minimum Gasteiger partial charge on any atom is -0.387 e. The van der Waals surface area contributed by atoms with Crippen LogP contribution in [0.4, 0.5) is 0 Å². The Morgan fingerprint density at radius 1 is 1.35 bits per heavy atom. The van der Waals surface area contributed by atoms with Gasteiger partial charge in [-0.2, -0.15) is 5.10 Å². The van der Waals surface area contributed by atoms with Crippen LogP contribution in [-0.4, -0.2) is 14.9 Å². The summed E-state index contributed by atoms with van der Waals surface area (Å²) in [5.74, 6) is 0. The second-order valence-electron chi connectivity index (χ2n) is 4.78. The number of unbranched alkanes of at least 4 members (excludes halogenated alkanes) is 3. The summed E-state index contributed by atoms with van der Waals surface area (Å²) in [5, 5.41) is 14.5. The molecule has 98 valence electrons. The van der Waals surface area contributed by atoms with E-state index in [4.69, 9.17) is 0 Å². The topological polar surface area (TPSA) is 38.1 Å². The van der Waals surface area contributed by atoms with Gasteiger partial charge in [0.15, 0.2) is 0 Å². The first-order valence-corrected chi connectivity index (χ1v) is 7.28. The van der Waals surface area contributed by atoms with Crippen molar-refractivity contribution in [2.45, 2.75) is 65.0 Å². The van der Waals surface area contributed by atoms with Crippen LogP contribution in [0.2, 0.25) is 0 Å². The van der Waals surface area contributed by atoms with Gasteiger partial charge in [0.05, 0.1) is 22.5 Å². The van der Waals surface area contributed by atoms with Crippen molar-refractivity contribution in [3.63, 3.8) is 0 Å². The Balaban J connectivity index is 2.61. The molecule has 17 heavy (non-hydrogen) atoms. The number of aliphatic hydroxyl groups excluding tert-OH is 1. The Kier molecular flexibility index (Phi) is 6.20. The van der Waals surface area contributed by atoms with Crippen LogP contribution in [-0.2, 0) is 0 Å². The minimum absolute atomic E-state index is 0.279. The predicted molar refractivity (Wildman–Crippen MR) is 74.0 cm³/mol. The third-order valence-corrected chi connectivity index (χ3v) is 3.53. The predicted octanol–water partition coefficient (Wildman–Crippen LogP) is 4.23. The SMILES string of the molecule is CCCCCCC(O)c1c(Br)cnn1C(C)C. The number of aliphatic hydroxyl groups is 1. The van der Waals surface area contributed by atoms with Crippen molar-refractivity contribution in [1.29, 1.82) is 0 Å². The summed E-state index contributed by atoms with van der Waals surface area (Å²) in [4.78, 5) is 0. The second-order valence-corrected chi connectivity index (χ2v) is 5.64. The van der Waals surface area contributed by atoms with E-state index in [1.807, 2.05) is 4.68 Å². The number of aromatic nitrogens is 2. The van der Waals surface area contributed by atoms with Gasteiger partial charge in [-0.1, -0.05) is 32.6 Å². The van der Waals surface area contributed by atoms with Gasteiger partial charge in [0.2, 0.25) is 0 Å². The first-order valence-electron chi connectivity index (χ1n) is 6.48. The average molecular weight is 303 g/mol. The van der Waals surface area contributed by atoms with Crippen LogP contribution in [0.3, 0.4) is 0 Å². The molecule has 1 heterocycles. The monoisotopic (exact) mass is 302 g/mol.